The van der Waals surface area contributed by atoms with Crippen LogP contribution in [-0.4, -0.2) is 16.4 Å². The molecule has 1 fully saturated rings. The van der Waals surface area contributed by atoms with Crippen LogP contribution in [0.1, 0.15) is 26.2 Å². The van der Waals surface area contributed by atoms with Gasteiger partial charge in [0.25, 0.3) is 5.24 Å². The van der Waals surface area contributed by atoms with E-state index in [1.165, 1.54) is 0 Å². The molecule has 1 aliphatic heterocycles. The van der Waals surface area contributed by atoms with Crippen LogP contribution in [0.15, 0.2) is 0 Å². The molecule has 1 rings (SSSR count). The minimum atomic E-state index is -0.198. The Morgan fingerprint density at radius 2 is 2.27 bits per heavy atom. The summed E-state index contributed by atoms with van der Waals surface area (Å²) in [7, 11) is 0. The second kappa shape index (κ2) is 3.76. The average molecular weight is 173 g/mol. The minimum absolute atomic E-state index is 0.117. The van der Waals surface area contributed by atoms with Crippen LogP contribution in [0.25, 0.3) is 0 Å². The van der Waals surface area contributed by atoms with Crippen molar-refractivity contribution in [2.75, 3.05) is 0 Å². The lowest BCUT2D eigenvalue weighted by molar-refractivity contribution is -0.119. The third-order valence-corrected chi connectivity index (χ3v) is 2.64. The number of amides is 2. The number of thioether (sulfide) groups is 1. The first-order valence-corrected chi connectivity index (χ1v) is 4.63. The number of hydrogen-bond donors (Lipinski definition) is 1. The van der Waals surface area contributed by atoms with Crippen molar-refractivity contribution in [3.63, 3.8) is 0 Å². The van der Waals surface area contributed by atoms with Crippen LogP contribution >= 0.6 is 11.8 Å². The molecule has 0 aliphatic carbocycles. The maximum atomic E-state index is 10.9. The highest BCUT2D eigenvalue weighted by molar-refractivity contribution is 8.15. The van der Waals surface area contributed by atoms with Gasteiger partial charge in [-0.2, -0.15) is 0 Å². The Morgan fingerprint density at radius 1 is 1.55 bits per heavy atom. The summed E-state index contributed by atoms with van der Waals surface area (Å²) in [6, 6.07) is 0. The van der Waals surface area contributed by atoms with Crippen molar-refractivity contribution in [3.8, 4) is 0 Å². The molecule has 1 saturated heterocycles. The summed E-state index contributed by atoms with van der Waals surface area (Å²) in [5, 5.41) is 1.94. The van der Waals surface area contributed by atoms with Crippen molar-refractivity contribution in [1.29, 1.82) is 0 Å². The van der Waals surface area contributed by atoms with E-state index >= 15 is 0 Å². The van der Waals surface area contributed by atoms with Crippen LogP contribution in [0, 0.1) is 0 Å². The average Bonchev–Trinajstić information content (AvgIpc) is 2.26. The number of nitrogens with one attached hydrogen (secondary N) is 1. The number of hydrogen-bond acceptors (Lipinski definition) is 3. The van der Waals surface area contributed by atoms with Gasteiger partial charge >= 0.3 is 0 Å². The van der Waals surface area contributed by atoms with Gasteiger partial charge in [-0.15, -0.1) is 0 Å². The smallest absolute Gasteiger partial charge is 0.286 e. The van der Waals surface area contributed by atoms with Gasteiger partial charge in [-0.25, -0.2) is 0 Å². The first-order chi connectivity index (χ1) is 5.24. The van der Waals surface area contributed by atoms with E-state index in [9.17, 15) is 9.59 Å². The lowest BCUT2D eigenvalue weighted by Crippen LogP contribution is -2.23. The van der Waals surface area contributed by atoms with Gasteiger partial charge in [-0.1, -0.05) is 31.5 Å². The summed E-state index contributed by atoms with van der Waals surface area (Å²) in [4.78, 5) is 21.6. The predicted molar refractivity (Wildman–Crippen MR) is 44.4 cm³/mol. The summed E-state index contributed by atoms with van der Waals surface area (Å²) < 4.78 is 0. The molecule has 1 aliphatic rings. The quantitative estimate of drug-likeness (QED) is 0.704. The Labute approximate surface area is 69.9 Å². The zero-order chi connectivity index (χ0) is 8.27. The van der Waals surface area contributed by atoms with Crippen LogP contribution < -0.4 is 5.32 Å². The van der Waals surface area contributed by atoms with Crippen LogP contribution in [0.2, 0.25) is 0 Å². The van der Waals surface area contributed by atoms with E-state index in [1.807, 2.05) is 0 Å². The Hall–Kier alpha value is -0.510. The molecule has 1 atom stereocenters. The van der Waals surface area contributed by atoms with Crippen molar-refractivity contribution >= 4 is 22.9 Å². The fourth-order valence-electron chi connectivity index (χ4n) is 0.973. The number of rotatable bonds is 3. The fourth-order valence-corrected chi connectivity index (χ4v) is 1.84. The monoisotopic (exact) mass is 173 g/mol. The zero-order valence-corrected chi connectivity index (χ0v) is 7.24. The van der Waals surface area contributed by atoms with Gasteiger partial charge in [0.15, 0.2) is 0 Å². The molecule has 11 heavy (non-hydrogen) atoms. The molecule has 0 aromatic rings. The Kier molecular flexibility index (Phi) is 2.93. The summed E-state index contributed by atoms with van der Waals surface area (Å²) >= 11 is 1.11. The molecule has 0 aromatic heterocycles. The van der Waals surface area contributed by atoms with E-state index in [0.29, 0.717) is 0 Å². The van der Waals surface area contributed by atoms with E-state index in [2.05, 4.69) is 12.2 Å². The van der Waals surface area contributed by atoms with Gasteiger partial charge < -0.3 is 0 Å². The molecule has 0 aromatic carbocycles. The minimum Gasteiger partial charge on any atom is -0.286 e. The molecule has 3 nitrogen and oxygen atoms in total. The summed E-state index contributed by atoms with van der Waals surface area (Å²) in [6.07, 6.45) is 2.90. The highest BCUT2D eigenvalue weighted by Gasteiger charge is 2.30. The topological polar surface area (TPSA) is 46.2 Å². The van der Waals surface area contributed by atoms with E-state index in [0.717, 1.165) is 31.0 Å². The Morgan fingerprint density at radius 3 is 2.73 bits per heavy atom. The highest BCUT2D eigenvalue weighted by atomic mass is 32.2. The molecule has 0 spiro atoms. The molecule has 4 heteroatoms. The first kappa shape index (κ1) is 8.59. The summed E-state index contributed by atoms with van der Waals surface area (Å²) in [5.74, 6) is -0.117. The standard InChI is InChI=1S/C7H11NO2S/c1-2-3-4-5-6(9)8-7(10)11-5/h5H,2-4H2,1H3,(H,8,9,10). The van der Waals surface area contributed by atoms with Crippen LogP contribution in [0.4, 0.5) is 4.79 Å². The maximum Gasteiger partial charge on any atom is 0.286 e. The molecule has 1 unspecified atom stereocenters. The molecular formula is C7H11NO2S. The van der Waals surface area contributed by atoms with E-state index in [-0.39, 0.29) is 16.4 Å². The van der Waals surface area contributed by atoms with Crippen molar-refractivity contribution in [2.45, 2.75) is 31.4 Å². The lowest BCUT2D eigenvalue weighted by Gasteiger charge is -2.00. The first-order valence-electron chi connectivity index (χ1n) is 3.75. The van der Waals surface area contributed by atoms with Crippen molar-refractivity contribution in [2.24, 2.45) is 0 Å². The zero-order valence-electron chi connectivity index (χ0n) is 6.42. The number of unbranched alkanes of at least 4 members (excludes halogenated alkanes) is 1. The van der Waals surface area contributed by atoms with Crippen LogP contribution in [-0.2, 0) is 4.79 Å². The van der Waals surface area contributed by atoms with E-state index in [1.54, 1.807) is 0 Å². The third-order valence-electron chi connectivity index (χ3n) is 1.59. The summed E-state index contributed by atoms with van der Waals surface area (Å²) in [6.45, 7) is 2.07. The van der Waals surface area contributed by atoms with Crippen LogP contribution in [0.5, 0.6) is 0 Å². The third kappa shape index (κ3) is 2.22. The normalized spacial score (nSPS) is 23.9. The number of imide groups is 1. The molecule has 1 heterocycles. The largest absolute Gasteiger partial charge is 0.286 e. The van der Waals surface area contributed by atoms with Crippen molar-refractivity contribution < 1.29 is 9.59 Å². The van der Waals surface area contributed by atoms with Crippen LogP contribution in [0.3, 0.4) is 0 Å². The van der Waals surface area contributed by atoms with Gasteiger partial charge in [0.05, 0.1) is 5.25 Å². The second-order valence-corrected chi connectivity index (χ2v) is 3.70. The van der Waals surface area contributed by atoms with Gasteiger partial charge in [0.2, 0.25) is 5.91 Å². The molecule has 0 bridgehead atoms. The second-order valence-electron chi connectivity index (χ2n) is 2.53. The SMILES string of the molecule is CCCCC1SC(=O)NC1=O. The van der Waals surface area contributed by atoms with Crippen molar-refractivity contribution in [3.05, 3.63) is 0 Å². The van der Waals surface area contributed by atoms with Gasteiger partial charge in [0.1, 0.15) is 0 Å². The lowest BCUT2D eigenvalue weighted by atomic mass is 10.2. The molecule has 1 N–H and O–H groups in total. The predicted octanol–water partition coefficient (Wildman–Crippen LogP) is 1.53. The number of carbonyl (C=O) groups excluding carboxylic acids is 2. The summed E-state index contributed by atoms with van der Waals surface area (Å²) in [5.41, 5.74) is 0. The van der Waals surface area contributed by atoms with E-state index < -0.39 is 0 Å². The fraction of sp³-hybridized carbons (Fsp3) is 0.714. The number of carbonyl (C=O) groups is 2. The van der Waals surface area contributed by atoms with E-state index in [4.69, 9.17) is 0 Å². The van der Waals surface area contributed by atoms with Gasteiger partial charge in [0, 0.05) is 0 Å². The maximum absolute atomic E-state index is 10.9. The van der Waals surface area contributed by atoms with Gasteiger partial charge in [-0.05, 0) is 6.42 Å². The molecule has 0 radical (unpaired) electrons. The highest BCUT2D eigenvalue weighted by Crippen LogP contribution is 2.23. The molecular weight excluding hydrogens is 162 g/mol. The molecule has 62 valence electrons. The Bertz CT molecular complexity index is 181. The molecule has 0 saturated carbocycles. The van der Waals surface area contributed by atoms with Crippen molar-refractivity contribution in [1.82, 2.24) is 5.32 Å². The Balaban J connectivity index is 2.34. The molecule has 2 amide bonds. The van der Waals surface area contributed by atoms with Gasteiger partial charge in [-0.3, -0.25) is 14.9 Å².